The van der Waals surface area contributed by atoms with E-state index in [4.69, 9.17) is 23.2 Å². The Bertz CT molecular complexity index is 344. The molecular formula is C9H8BrCl2NO. The largest absolute Gasteiger partial charge is 0.351 e. The Morgan fingerprint density at radius 1 is 1.50 bits per heavy atom. The lowest BCUT2D eigenvalue weighted by Crippen LogP contribution is -2.23. The third kappa shape index (κ3) is 3.48. The van der Waals surface area contributed by atoms with E-state index in [1.54, 1.807) is 6.07 Å². The van der Waals surface area contributed by atoms with Gasteiger partial charge in [-0.1, -0.05) is 17.7 Å². The van der Waals surface area contributed by atoms with E-state index in [1.807, 2.05) is 12.1 Å². The lowest BCUT2D eigenvalue weighted by atomic mass is 10.2. The molecule has 0 aliphatic rings. The minimum Gasteiger partial charge on any atom is -0.351 e. The minimum atomic E-state index is -0.183. The van der Waals surface area contributed by atoms with Crippen LogP contribution in [0, 0.1) is 0 Å². The van der Waals surface area contributed by atoms with Gasteiger partial charge in [0.2, 0.25) is 5.91 Å². The zero-order valence-electron chi connectivity index (χ0n) is 7.19. The van der Waals surface area contributed by atoms with E-state index >= 15 is 0 Å². The normalized spacial score (nSPS) is 9.93. The minimum absolute atomic E-state index is 0.0191. The van der Waals surface area contributed by atoms with Crippen LogP contribution in [0.3, 0.4) is 0 Å². The molecule has 1 aromatic rings. The van der Waals surface area contributed by atoms with Crippen molar-refractivity contribution < 1.29 is 4.79 Å². The molecule has 5 heteroatoms. The number of carbonyl (C=O) groups excluding carboxylic acids is 1. The van der Waals surface area contributed by atoms with Crippen molar-refractivity contribution in [2.45, 2.75) is 6.54 Å². The third-order valence-electron chi connectivity index (χ3n) is 1.60. The van der Waals surface area contributed by atoms with Gasteiger partial charge in [-0.3, -0.25) is 4.79 Å². The molecule has 76 valence electrons. The number of hydrogen-bond donors (Lipinski definition) is 1. The topological polar surface area (TPSA) is 29.1 Å². The maximum atomic E-state index is 10.9. The molecule has 2 nitrogen and oxygen atoms in total. The van der Waals surface area contributed by atoms with Crippen LogP contribution in [0.5, 0.6) is 0 Å². The highest BCUT2D eigenvalue weighted by Gasteiger charge is 2.01. The number of benzene rings is 1. The molecule has 0 spiro atoms. The van der Waals surface area contributed by atoms with Crippen molar-refractivity contribution in [1.82, 2.24) is 5.32 Å². The van der Waals surface area contributed by atoms with Gasteiger partial charge >= 0.3 is 0 Å². The fourth-order valence-corrected chi connectivity index (χ4v) is 1.54. The first kappa shape index (κ1) is 11.8. The van der Waals surface area contributed by atoms with Crippen molar-refractivity contribution in [3.63, 3.8) is 0 Å². The predicted octanol–water partition coefficient (Wildman–Crippen LogP) is 2.96. The highest BCUT2D eigenvalue weighted by molar-refractivity contribution is 9.10. The lowest BCUT2D eigenvalue weighted by Gasteiger charge is -2.04. The van der Waals surface area contributed by atoms with Crippen LogP contribution in [0.1, 0.15) is 5.56 Å². The quantitative estimate of drug-likeness (QED) is 0.854. The van der Waals surface area contributed by atoms with E-state index in [-0.39, 0.29) is 11.8 Å². The van der Waals surface area contributed by atoms with Gasteiger partial charge < -0.3 is 5.32 Å². The van der Waals surface area contributed by atoms with Gasteiger partial charge in [-0.25, -0.2) is 0 Å². The van der Waals surface area contributed by atoms with Gasteiger partial charge in [0, 0.05) is 11.0 Å². The SMILES string of the molecule is O=C(CCl)NCc1ccc(Cl)c(Br)c1. The molecule has 0 bridgehead atoms. The van der Waals surface area contributed by atoms with Crippen LogP contribution < -0.4 is 5.32 Å². The third-order valence-corrected chi connectivity index (χ3v) is 3.05. The van der Waals surface area contributed by atoms with Gasteiger partial charge in [-0.15, -0.1) is 11.6 Å². The number of rotatable bonds is 3. The fourth-order valence-electron chi connectivity index (χ4n) is 0.897. The predicted molar refractivity (Wildman–Crippen MR) is 61.7 cm³/mol. The molecule has 0 atom stereocenters. The maximum absolute atomic E-state index is 10.9. The average molecular weight is 297 g/mol. The lowest BCUT2D eigenvalue weighted by molar-refractivity contribution is -0.118. The Morgan fingerprint density at radius 3 is 2.79 bits per heavy atom. The van der Waals surface area contributed by atoms with Crippen LogP contribution in [0.2, 0.25) is 5.02 Å². The van der Waals surface area contributed by atoms with Gasteiger partial charge in [0.05, 0.1) is 5.02 Å². The van der Waals surface area contributed by atoms with Crippen LogP contribution in [0.4, 0.5) is 0 Å². The molecule has 1 amide bonds. The van der Waals surface area contributed by atoms with E-state index < -0.39 is 0 Å². The smallest absolute Gasteiger partial charge is 0.235 e. The second kappa shape index (κ2) is 5.59. The Kier molecular flexibility index (Phi) is 4.72. The van der Waals surface area contributed by atoms with Crippen LogP contribution >= 0.6 is 39.1 Å². The first-order valence-corrected chi connectivity index (χ1v) is 5.60. The molecule has 0 unspecified atom stereocenters. The molecule has 0 radical (unpaired) electrons. The summed E-state index contributed by atoms with van der Waals surface area (Å²) in [5, 5.41) is 3.31. The second-order valence-electron chi connectivity index (χ2n) is 2.66. The van der Waals surface area contributed by atoms with Crippen molar-refractivity contribution in [1.29, 1.82) is 0 Å². The number of hydrogen-bond acceptors (Lipinski definition) is 1. The average Bonchev–Trinajstić information content (AvgIpc) is 2.19. The highest BCUT2D eigenvalue weighted by atomic mass is 79.9. The summed E-state index contributed by atoms with van der Waals surface area (Å²) < 4.78 is 0.816. The van der Waals surface area contributed by atoms with E-state index in [0.717, 1.165) is 10.0 Å². The molecule has 0 aliphatic carbocycles. The van der Waals surface area contributed by atoms with Gasteiger partial charge in [0.15, 0.2) is 0 Å². The van der Waals surface area contributed by atoms with Crippen molar-refractivity contribution in [2.24, 2.45) is 0 Å². The van der Waals surface area contributed by atoms with E-state index in [9.17, 15) is 4.79 Å². The Labute approximate surface area is 101 Å². The molecule has 0 aromatic heterocycles. The van der Waals surface area contributed by atoms with Crippen LogP contribution in [-0.2, 0) is 11.3 Å². The van der Waals surface area contributed by atoms with Crippen LogP contribution in [0.25, 0.3) is 0 Å². The van der Waals surface area contributed by atoms with Gasteiger partial charge in [0.1, 0.15) is 5.88 Å². The molecule has 0 saturated carbocycles. The second-order valence-corrected chi connectivity index (χ2v) is 4.19. The molecule has 1 rings (SSSR count). The molecular weight excluding hydrogens is 289 g/mol. The highest BCUT2D eigenvalue weighted by Crippen LogP contribution is 2.22. The maximum Gasteiger partial charge on any atom is 0.235 e. The van der Waals surface area contributed by atoms with E-state index in [2.05, 4.69) is 21.2 Å². The summed E-state index contributed by atoms with van der Waals surface area (Å²) in [6.07, 6.45) is 0. The van der Waals surface area contributed by atoms with E-state index in [0.29, 0.717) is 11.6 Å². The van der Waals surface area contributed by atoms with Crippen LogP contribution in [-0.4, -0.2) is 11.8 Å². The molecule has 0 heterocycles. The number of alkyl halides is 1. The number of amides is 1. The summed E-state index contributed by atoms with van der Waals surface area (Å²) in [6.45, 7) is 0.460. The zero-order valence-corrected chi connectivity index (χ0v) is 10.3. The Balaban J connectivity index is 2.60. The summed E-state index contributed by atoms with van der Waals surface area (Å²) in [6, 6.07) is 5.48. The molecule has 14 heavy (non-hydrogen) atoms. The number of carbonyl (C=O) groups is 1. The monoisotopic (exact) mass is 295 g/mol. The summed E-state index contributed by atoms with van der Waals surface area (Å²) in [5.41, 5.74) is 0.972. The van der Waals surface area contributed by atoms with Crippen molar-refractivity contribution in [3.05, 3.63) is 33.3 Å². The van der Waals surface area contributed by atoms with Gasteiger partial charge in [0.25, 0.3) is 0 Å². The number of nitrogens with one attached hydrogen (secondary N) is 1. The summed E-state index contributed by atoms with van der Waals surface area (Å²) in [7, 11) is 0. The first-order chi connectivity index (χ1) is 6.63. The van der Waals surface area contributed by atoms with Gasteiger partial charge in [-0.05, 0) is 33.6 Å². The molecule has 0 fully saturated rings. The van der Waals surface area contributed by atoms with E-state index in [1.165, 1.54) is 0 Å². The summed E-state index contributed by atoms with van der Waals surface area (Å²) in [5.74, 6) is -0.202. The molecule has 1 N–H and O–H groups in total. The Morgan fingerprint density at radius 2 is 2.21 bits per heavy atom. The van der Waals surface area contributed by atoms with Crippen molar-refractivity contribution in [3.8, 4) is 0 Å². The summed E-state index contributed by atoms with van der Waals surface area (Å²) in [4.78, 5) is 10.9. The summed E-state index contributed by atoms with van der Waals surface area (Å²) >= 11 is 14.4. The molecule has 0 saturated heterocycles. The first-order valence-electron chi connectivity index (χ1n) is 3.90. The van der Waals surface area contributed by atoms with Crippen LogP contribution in [0.15, 0.2) is 22.7 Å². The van der Waals surface area contributed by atoms with Crippen molar-refractivity contribution >= 4 is 45.0 Å². The Hall–Kier alpha value is -0.250. The molecule has 1 aromatic carbocycles. The van der Waals surface area contributed by atoms with Crippen molar-refractivity contribution in [2.75, 3.05) is 5.88 Å². The fraction of sp³-hybridized carbons (Fsp3) is 0.222. The standard InChI is InChI=1S/C9H8BrCl2NO/c10-7-3-6(1-2-8(7)12)5-13-9(14)4-11/h1-3H,4-5H2,(H,13,14). The van der Waals surface area contributed by atoms with Gasteiger partial charge in [-0.2, -0.15) is 0 Å². The number of halogens is 3. The molecule has 0 aliphatic heterocycles. The zero-order chi connectivity index (χ0) is 10.6.